The van der Waals surface area contributed by atoms with Crippen LogP contribution in [0.1, 0.15) is 24.2 Å². The van der Waals surface area contributed by atoms with E-state index in [0.29, 0.717) is 11.9 Å². The van der Waals surface area contributed by atoms with E-state index in [0.717, 1.165) is 30.3 Å². The van der Waals surface area contributed by atoms with Gasteiger partial charge < -0.3 is 15.2 Å². The second-order valence-corrected chi connectivity index (χ2v) is 5.36. The van der Waals surface area contributed by atoms with Crippen LogP contribution in [-0.2, 0) is 0 Å². The molecule has 0 spiro atoms. The quantitative estimate of drug-likeness (QED) is 0.624. The molecule has 2 heterocycles. The highest BCUT2D eigenvalue weighted by molar-refractivity contribution is 5.58. The lowest BCUT2D eigenvalue weighted by molar-refractivity contribution is 0.252. The number of piperidine rings is 1. The number of hydrazine groups is 1. The molecule has 0 atom stereocenters. The number of aromatic nitrogens is 2. The normalized spacial score (nSPS) is 17.5. The molecule has 0 unspecified atom stereocenters. The lowest BCUT2D eigenvalue weighted by atomic mass is 10.0. The summed E-state index contributed by atoms with van der Waals surface area (Å²) in [6.45, 7) is 6.18. The van der Waals surface area contributed by atoms with E-state index in [1.54, 1.807) is 0 Å². The molecule has 106 valence electrons. The summed E-state index contributed by atoms with van der Waals surface area (Å²) < 4.78 is 0. The zero-order chi connectivity index (χ0) is 14.0. The van der Waals surface area contributed by atoms with E-state index in [9.17, 15) is 0 Å². The summed E-state index contributed by atoms with van der Waals surface area (Å²) in [6, 6.07) is 0.537. The van der Waals surface area contributed by atoms with Gasteiger partial charge in [0.1, 0.15) is 17.5 Å². The second kappa shape index (κ2) is 5.71. The molecule has 1 aromatic rings. The minimum Gasteiger partial charge on any atom is -0.356 e. The average Bonchev–Trinajstić information content (AvgIpc) is 2.41. The molecule has 0 radical (unpaired) electrons. The van der Waals surface area contributed by atoms with Crippen LogP contribution in [0.15, 0.2) is 0 Å². The predicted molar refractivity (Wildman–Crippen MR) is 78.2 cm³/mol. The van der Waals surface area contributed by atoms with Gasteiger partial charge in [0.2, 0.25) is 0 Å². The largest absolute Gasteiger partial charge is 0.356 e. The summed E-state index contributed by atoms with van der Waals surface area (Å²) in [5.41, 5.74) is 3.66. The van der Waals surface area contributed by atoms with E-state index < -0.39 is 0 Å². The Labute approximate surface area is 115 Å². The van der Waals surface area contributed by atoms with Gasteiger partial charge in [-0.2, -0.15) is 0 Å². The minimum absolute atomic E-state index is 0.537. The van der Waals surface area contributed by atoms with Gasteiger partial charge in [-0.1, -0.05) is 0 Å². The molecule has 3 N–H and O–H groups in total. The molecule has 1 aromatic heterocycles. The number of anilines is 2. The molecule has 0 aliphatic carbocycles. The van der Waals surface area contributed by atoms with E-state index in [-0.39, 0.29) is 0 Å². The molecule has 1 fully saturated rings. The number of nitrogens with zero attached hydrogens (tertiary/aromatic N) is 4. The molecule has 6 nitrogen and oxygen atoms in total. The SMILES string of the molecule is Cc1nc(NN)c(C)c(N(C)C2CCN(C)CC2)n1. The number of hydrogen-bond donors (Lipinski definition) is 2. The standard InChI is InChI=1S/C13H24N6/c1-9-12(17-14)15-10(2)16-13(9)19(4)11-5-7-18(3)8-6-11/h11H,5-8,14H2,1-4H3,(H,15,16,17). The number of likely N-dealkylation sites (tertiary alicyclic amines) is 1. The third-order valence-corrected chi connectivity index (χ3v) is 3.94. The fraction of sp³-hybridized carbons (Fsp3) is 0.692. The first-order valence-corrected chi connectivity index (χ1v) is 6.76. The first kappa shape index (κ1) is 14.0. The lowest BCUT2D eigenvalue weighted by Crippen LogP contribution is -2.42. The monoisotopic (exact) mass is 264 g/mol. The number of nitrogens with one attached hydrogen (secondary N) is 1. The van der Waals surface area contributed by atoms with Crippen LogP contribution in [-0.4, -0.2) is 48.1 Å². The summed E-state index contributed by atoms with van der Waals surface area (Å²) >= 11 is 0. The first-order valence-electron chi connectivity index (χ1n) is 6.76. The summed E-state index contributed by atoms with van der Waals surface area (Å²) in [4.78, 5) is 13.5. The van der Waals surface area contributed by atoms with Gasteiger partial charge in [-0.05, 0) is 46.8 Å². The van der Waals surface area contributed by atoms with Crippen molar-refractivity contribution in [3.8, 4) is 0 Å². The highest BCUT2D eigenvalue weighted by Crippen LogP contribution is 2.26. The van der Waals surface area contributed by atoms with Crippen molar-refractivity contribution in [2.75, 3.05) is 37.5 Å². The van der Waals surface area contributed by atoms with Crippen LogP contribution in [0.2, 0.25) is 0 Å². The van der Waals surface area contributed by atoms with Crippen molar-refractivity contribution in [3.05, 3.63) is 11.4 Å². The average molecular weight is 264 g/mol. The van der Waals surface area contributed by atoms with Gasteiger partial charge in [-0.25, -0.2) is 15.8 Å². The minimum atomic E-state index is 0.537. The topological polar surface area (TPSA) is 70.3 Å². The summed E-state index contributed by atoms with van der Waals surface area (Å²) in [6.07, 6.45) is 2.34. The maximum absolute atomic E-state index is 5.52. The van der Waals surface area contributed by atoms with Gasteiger partial charge in [-0.3, -0.25) is 0 Å². The summed E-state index contributed by atoms with van der Waals surface area (Å²) in [7, 11) is 4.29. The fourth-order valence-corrected chi connectivity index (χ4v) is 2.65. The zero-order valence-electron chi connectivity index (χ0n) is 12.3. The molecule has 1 aliphatic rings. The molecule has 0 saturated carbocycles. The maximum Gasteiger partial charge on any atom is 0.148 e. The molecular formula is C13H24N6. The van der Waals surface area contributed by atoms with Crippen LogP contribution in [0.25, 0.3) is 0 Å². The molecule has 0 bridgehead atoms. The van der Waals surface area contributed by atoms with Crippen LogP contribution in [0.3, 0.4) is 0 Å². The van der Waals surface area contributed by atoms with Gasteiger partial charge >= 0.3 is 0 Å². The van der Waals surface area contributed by atoms with E-state index in [2.05, 4.69) is 39.3 Å². The van der Waals surface area contributed by atoms with Gasteiger partial charge in [0, 0.05) is 18.7 Å². The molecule has 0 aromatic carbocycles. The number of nitrogen functional groups attached to an aromatic ring is 1. The molecular weight excluding hydrogens is 240 g/mol. The van der Waals surface area contributed by atoms with Gasteiger partial charge in [-0.15, -0.1) is 0 Å². The summed E-state index contributed by atoms with van der Waals surface area (Å²) in [5, 5.41) is 0. The Bertz CT molecular complexity index is 439. The van der Waals surface area contributed by atoms with Crippen LogP contribution in [0, 0.1) is 13.8 Å². The van der Waals surface area contributed by atoms with E-state index in [1.165, 1.54) is 12.8 Å². The fourth-order valence-electron chi connectivity index (χ4n) is 2.65. The highest BCUT2D eigenvalue weighted by atomic mass is 15.3. The third kappa shape index (κ3) is 2.96. The molecule has 0 amide bonds. The smallest absolute Gasteiger partial charge is 0.148 e. The van der Waals surface area contributed by atoms with Crippen LogP contribution in [0.4, 0.5) is 11.6 Å². The second-order valence-electron chi connectivity index (χ2n) is 5.36. The molecule has 1 aliphatic heterocycles. The summed E-state index contributed by atoms with van der Waals surface area (Å²) in [5.74, 6) is 7.96. The van der Waals surface area contributed by atoms with Crippen LogP contribution < -0.4 is 16.2 Å². The number of nitrogens with two attached hydrogens (primary N) is 1. The van der Waals surface area contributed by atoms with Crippen LogP contribution in [0.5, 0.6) is 0 Å². The highest BCUT2D eigenvalue weighted by Gasteiger charge is 2.23. The molecule has 19 heavy (non-hydrogen) atoms. The Balaban J connectivity index is 2.23. The van der Waals surface area contributed by atoms with Gasteiger partial charge in [0.05, 0.1) is 0 Å². The van der Waals surface area contributed by atoms with Crippen LogP contribution >= 0.6 is 0 Å². The Morgan fingerprint density at radius 1 is 1.26 bits per heavy atom. The van der Waals surface area contributed by atoms with Crippen molar-refractivity contribution in [1.29, 1.82) is 0 Å². The van der Waals surface area contributed by atoms with Gasteiger partial charge in [0.25, 0.3) is 0 Å². The Morgan fingerprint density at radius 2 is 1.89 bits per heavy atom. The van der Waals surface area contributed by atoms with Crippen molar-refractivity contribution in [2.24, 2.45) is 5.84 Å². The Kier molecular flexibility index (Phi) is 4.21. The maximum atomic E-state index is 5.52. The third-order valence-electron chi connectivity index (χ3n) is 3.94. The first-order chi connectivity index (χ1) is 9.02. The van der Waals surface area contributed by atoms with Crippen molar-refractivity contribution >= 4 is 11.6 Å². The van der Waals surface area contributed by atoms with Gasteiger partial charge in [0.15, 0.2) is 0 Å². The molecule has 1 saturated heterocycles. The van der Waals surface area contributed by atoms with Crippen molar-refractivity contribution in [1.82, 2.24) is 14.9 Å². The predicted octanol–water partition coefficient (Wildman–Crippen LogP) is 0.909. The molecule has 2 rings (SSSR count). The zero-order valence-corrected chi connectivity index (χ0v) is 12.3. The molecule has 6 heteroatoms. The van der Waals surface area contributed by atoms with E-state index in [1.807, 2.05) is 13.8 Å². The number of rotatable bonds is 3. The van der Waals surface area contributed by atoms with E-state index >= 15 is 0 Å². The van der Waals surface area contributed by atoms with E-state index in [4.69, 9.17) is 5.84 Å². The van der Waals surface area contributed by atoms with Crippen molar-refractivity contribution in [3.63, 3.8) is 0 Å². The van der Waals surface area contributed by atoms with Crippen molar-refractivity contribution in [2.45, 2.75) is 32.7 Å². The lowest BCUT2D eigenvalue weighted by Gasteiger charge is -2.36. The Hall–Kier alpha value is -1.40. The number of aryl methyl sites for hydroxylation is 1. The van der Waals surface area contributed by atoms with Crippen molar-refractivity contribution < 1.29 is 0 Å². The Morgan fingerprint density at radius 3 is 2.47 bits per heavy atom. The number of hydrogen-bond acceptors (Lipinski definition) is 6.